The van der Waals surface area contributed by atoms with E-state index < -0.39 is 9.52 Å². The van der Waals surface area contributed by atoms with Gasteiger partial charge in [-0.1, -0.05) is 0 Å². The van der Waals surface area contributed by atoms with Crippen LogP contribution < -0.4 is 42.4 Å². The Morgan fingerprint density at radius 2 is 1.62 bits per heavy atom. The molecule has 29 heavy (non-hydrogen) atoms. The monoisotopic (exact) mass is 500 g/mol. The van der Waals surface area contributed by atoms with Crippen LogP contribution in [-0.4, -0.2) is 9.52 Å². The minimum atomic E-state index is -0.506. The van der Waals surface area contributed by atoms with E-state index >= 15 is 0 Å². The first-order chi connectivity index (χ1) is 12.2. The maximum atomic E-state index is 2.46. The van der Waals surface area contributed by atoms with Gasteiger partial charge in [-0.2, -0.15) is 0 Å². The van der Waals surface area contributed by atoms with E-state index in [1.54, 1.807) is 25.8 Å². The van der Waals surface area contributed by atoms with Crippen molar-refractivity contribution < 1.29 is 57.7 Å². The Labute approximate surface area is 210 Å². The van der Waals surface area contributed by atoms with Gasteiger partial charge >= 0.3 is 174 Å². The van der Waals surface area contributed by atoms with Gasteiger partial charge in [-0.15, -0.1) is 0 Å². The fraction of sp³-hybridized carbons (Fsp3) is 0.417. The Bertz CT molecular complexity index is 843. The minimum absolute atomic E-state index is 0. The van der Waals surface area contributed by atoms with E-state index in [-0.39, 0.29) is 47.7 Å². The molecule has 2 unspecified atom stereocenters. The third kappa shape index (κ3) is 5.62. The molecule has 0 N–H and O–H groups in total. The molecule has 0 bridgehead atoms. The van der Waals surface area contributed by atoms with Gasteiger partial charge in [-0.3, -0.25) is 0 Å². The Morgan fingerprint density at radius 3 is 2.14 bits per heavy atom. The summed E-state index contributed by atoms with van der Waals surface area (Å²) in [6.45, 7) is 14.1. The van der Waals surface area contributed by atoms with Crippen molar-refractivity contribution in [1.29, 1.82) is 0 Å². The van der Waals surface area contributed by atoms with Crippen LogP contribution in [0.15, 0.2) is 63.1 Å². The van der Waals surface area contributed by atoms with E-state index in [9.17, 15) is 0 Å². The van der Waals surface area contributed by atoms with Crippen LogP contribution in [0.5, 0.6) is 0 Å². The van der Waals surface area contributed by atoms with Gasteiger partial charge in [-0.05, 0) is 0 Å². The van der Waals surface area contributed by atoms with Gasteiger partial charge in [0.1, 0.15) is 0 Å². The van der Waals surface area contributed by atoms with E-state index in [1.807, 2.05) is 0 Å². The van der Waals surface area contributed by atoms with E-state index in [0.717, 1.165) is 6.42 Å². The Hall–Kier alpha value is -0.0188. The van der Waals surface area contributed by atoms with Crippen LogP contribution in [0.1, 0.15) is 51.7 Å². The summed E-state index contributed by atoms with van der Waals surface area (Å²) in [6.07, 6.45) is 11.7. The number of rotatable bonds is 4. The molecule has 1 aromatic carbocycles. The third-order valence-corrected chi connectivity index (χ3v) is 11.5. The molecule has 2 atom stereocenters. The molecule has 0 aromatic heterocycles. The van der Waals surface area contributed by atoms with Crippen molar-refractivity contribution >= 4 is 14.7 Å². The van der Waals surface area contributed by atoms with Gasteiger partial charge in [0, 0.05) is 0 Å². The van der Waals surface area contributed by atoms with E-state index in [1.165, 1.54) is 17.5 Å². The summed E-state index contributed by atoms with van der Waals surface area (Å²) in [5, 5.41) is 1.92. The number of allylic oxidation sites excluding steroid dienone is 8. The second-order valence-corrected chi connectivity index (χ2v) is 11.9. The maximum absolute atomic E-state index is 2.46. The summed E-state index contributed by atoms with van der Waals surface area (Å²) in [5.41, 5.74) is 7.86. The van der Waals surface area contributed by atoms with E-state index in [0.29, 0.717) is 0 Å². The zero-order valence-electron chi connectivity index (χ0n) is 18.3. The Balaban J connectivity index is 0.00000261. The molecule has 0 fully saturated rings. The number of hydrogen-bond donors (Lipinski definition) is 0. The van der Waals surface area contributed by atoms with Crippen molar-refractivity contribution in [2.45, 2.75) is 59.4 Å². The molecule has 0 heterocycles. The van der Waals surface area contributed by atoms with Crippen molar-refractivity contribution in [3.63, 3.8) is 0 Å². The average Bonchev–Trinajstić information content (AvgIpc) is 2.75. The van der Waals surface area contributed by atoms with Crippen LogP contribution in [0.3, 0.4) is 0 Å². The fourth-order valence-electron chi connectivity index (χ4n) is 4.79. The quantitative estimate of drug-likeness (QED) is 0.374. The zero-order valence-corrected chi connectivity index (χ0v) is 23.5. The topological polar surface area (TPSA) is 0 Å². The van der Waals surface area contributed by atoms with Gasteiger partial charge in [0.25, 0.3) is 0 Å². The van der Waals surface area contributed by atoms with E-state index in [2.05, 4.69) is 104 Å². The van der Waals surface area contributed by atoms with Gasteiger partial charge in [0.2, 0.25) is 0 Å². The summed E-state index contributed by atoms with van der Waals surface area (Å²) in [6, 6.07) is 7.04. The predicted molar refractivity (Wildman–Crippen MR) is 113 cm³/mol. The summed E-state index contributed by atoms with van der Waals surface area (Å²) >= 11 is 2.42. The average molecular weight is 502 g/mol. The largest absolute Gasteiger partial charge is 1.00 e. The summed E-state index contributed by atoms with van der Waals surface area (Å²) in [7, 11) is -0.506. The summed E-state index contributed by atoms with van der Waals surface area (Å²) in [5.74, 6) is 0. The second kappa shape index (κ2) is 11.0. The molecule has 0 aliphatic heterocycles. The molecule has 0 nitrogen and oxygen atoms in total. The van der Waals surface area contributed by atoms with Crippen LogP contribution in [0.25, 0.3) is 0 Å². The molecule has 0 saturated carbocycles. The number of benzene rings is 1. The molecule has 1 aromatic rings. The third-order valence-electron chi connectivity index (χ3n) is 6.73. The summed E-state index contributed by atoms with van der Waals surface area (Å²) in [4.78, 5) is 0. The molecule has 2 aliphatic rings. The van der Waals surface area contributed by atoms with Gasteiger partial charge in [0.15, 0.2) is 0 Å². The SMILES string of the molecule is CC1=C(C)C(CC2(C)C=CC=CC2)([SiH2]c2cc(C)ccc2C)[C]([Ti+3])=C1C.[Cl-].[Cl-].[Cl-]. The van der Waals surface area contributed by atoms with Crippen LogP contribution in [0.4, 0.5) is 0 Å². The smallest absolute Gasteiger partial charge is 1.00 e. The van der Waals surface area contributed by atoms with Crippen LogP contribution in [0.2, 0.25) is 5.04 Å². The van der Waals surface area contributed by atoms with Gasteiger partial charge in [0.05, 0.1) is 0 Å². The van der Waals surface area contributed by atoms with Crippen LogP contribution >= 0.6 is 0 Å². The second-order valence-electron chi connectivity index (χ2n) is 8.76. The van der Waals surface area contributed by atoms with Crippen molar-refractivity contribution in [3.05, 3.63) is 74.2 Å². The van der Waals surface area contributed by atoms with Crippen molar-refractivity contribution in [1.82, 2.24) is 0 Å². The normalized spacial score (nSPS) is 25.9. The molecule has 0 amide bonds. The molecule has 0 spiro atoms. The first kappa shape index (κ1) is 29.0. The Morgan fingerprint density at radius 1 is 0.966 bits per heavy atom. The van der Waals surface area contributed by atoms with Crippen molar-refractivity contribution in [2.24, 2.45) is 5.41 Å². The van der Waals surface area contributed by atoms with Crippen LogP contribution in [0, 0.1) is 19.3 Å². The predicted octanol–water partition coefficient (Wildman–Crippen LogP) is -3.65. The van der Waals surface area contributed by atoms with E-state index in [4.69, 9.17) is 0 Å². The molecule has 0 saturated heterocycles. The molecular formula is C24H31Cl3SiTi. The summed E-state index contributed by atoms with van der Waals surface area (Å²) < 4.78 is 1.64. The van der Waals surface area contributed by atoms with Crippen LogP contribution in [-0.2, 0) is 20.4 Å². The molecular weight excluding hydrogens is 471 g/mol. The standard InChI is InChI=1S/C24H31Si.3ClH.Ti/c1-17-10-11-18(2)22(14-17)25-24(15-19(3)20(4)21(24)5)16-23(6)12-8-7-9-13-23;;;;/h7-12,14H,13,16,25H2,1-6H3;3*1H;/q;;;;+3/p-3. The minimum Gasteiger partial charge on any atom is -1.00 e. The number of aryl methyl sites for hydroxylation is 2. The Kier molecular flexibility index (Phi) is 11.0. The fourth-order valence-corrected chi connectivity index (χ4v) is 9.06. The molecule has 0 radical (unpaired) electrons. The van der Waals surface area contributed by atoms with Gasteiger partial charge in [-0.25, -0.2) is 0 Å². The van der Waals surface area contributed by atoms with Gasteiger partial charge < -0.3 is 37.2 Å². The zero-order chi connectivity index (χ0) is 19.1. The maximum Gasteiger partial charge on any atom is -1.00 e. The molecule has 3 rings (SSSR count). The number of halogens is 3. The van der Waals surface area contributed by atoms with Crippen molar-refractivity contribution in [2.75, 3.05) is 0 Å². The first-order valence-electron chi connectivity index (χ1n) is 9.70. The molecule has 2 aliphatic carbocycles. The molecule has 5 heteroatoms. The first-order valence-corrected chi connectivity index (χ1v) is 11.9. The number of hydrogen-bond acceptors (Lipinski definition) is 0. The van der Waals surface area contributed by atoms with Crippen molar-refractivity contribution in [3.8, 4) is 0 Å². The molecule has 156 valence electrons.